The maximum Gasteiger partial charge on any atom is 0.251 e. The number of carbonyl (C=O) groups is 1. The maximum atomic E-state index is 12.0. The van der Waals surface area contributed by atoms with Crippen LogP contribution in [0.15, 0.2) is 41.0 Å². The Morgan fingerprint density at radius 1 is 1.39 bits per heavy atom. The molecular formula is C14H15BrN2O. The van der Waals surface area contributed by atoms with Crippen molar-refractivity contribution < 1.29 is 4.79 Å². The number of hydrogen-bond donors (Lipinski definition) is 1. The van der Waals surface area contributed by atoms with E-state index in [0.29, 0.717) is 12.1 Å². The third-order valence-corrected chi connectivity index (χ3v) is 3.77. The first-order valence-electron chi connectivity index (χ1n) is 5.72. The number of amides is 1. The molecule has 1 aromatic heterocycles. The lowest BCUT2D eigenvalue weighted by atomic mass is 10.1. The summed E-state index contributed by atoms with van der Waals surface area (Å²) in [5, 5.41) is 2.91. The highest BCUT2D eigenvalue weighted by Crippen LogP contribution is 2.17. The first kappa shape index (κ1) is 12.9. The first-order chi connectivity index (χ1) is 8.58. The van der Waals surface area contributed by atoms with Gasteiger partial charge in [-0.05, 0) is 36.8 Å². The number of halogens is 1. The molecular weight excluding hydrogens is 292 g/mol. The molecule has 0 unspecified atom stereocenters. The Bertz CT molecular complexity index is 575. The lowest BCUT2D eigenvalue weighted by Crippen LogP contribution is -2.23. The van der Waals surface area contributed by atoms with Gasteiger partial charge in [0.25, 0.3) is 5.91 Å². The normalized spacial score (nSPS) is 10.4. The number of aryl methyl sites for hydroxylation is 2. The molecule has 0 spiro atoms. The number of hydrogen-bond acceptors (Lipinski definition) is 1. The number of nitrogens with zero attached hydrogens (tertiary/aromatic N) is 1. The second-order valence-electron chi connectivity index (χ2n) is 4.26. The van der Waals surface area contributed by atoms with Gasteiger partial charge in [0.05, 0.1) is 6.54 Å². The monoisotopic (exact) mass is 306 g/mol. The minimum absolute atomic E-state index is 0.0584. The van der Waals surface area contributed by atoms with Crippen LogP contribution in [0, 0.1) is 6.92 Å². The number of aromatic nitrogens is 1. The molecule has 0 aliphatic heterocycles. The van der Waals surface area contributed by atoms with Gasteiger partial charge in [-0.3, -0.25) is 4.79 Å². The van der Waals surface area contributed by atoms with Crippen molar-refractivity contribution in [1.29, 1.82) is 0 Å². The molecule has 1 aromatic carbocycles. The van der Waals surface area contributed by atoms with Gasteiger partial charge in [-0.15, -0.1) is 0 Å². The highest BCUT2D eigenvalue weighted by molar-refractivity contribution is 9.10. The molecule has 1 heterocycles. The van der Waals surface area contributed by atoms with E-state index in [-0.39, 0.29) is 5.91 Å². The zero-order valence-corrected chi connectivity index (χ0v) is 12.0. The Morgan fingerprint density at radius 2 is 2.17 bits per heavy atom. The number of carbonyl (C=O) groups excluding carboxylic acids is 1. The van der Waals surface area contributed by atoms with Crippen molar-refractivity contribution in [3.05, 3.63) is 57.8 Å². The quantitative estimate of drug-likeness (QED) is 0.929. The maximum absolute atomic E-state index is 12.0. The SMILES string of the molecule is Cc1ccc(C(=O)NCc2cccn2C)cc1Br. The fourth-order valence-electron chi connectivity index (χ4n) is 1.69. The summed E-state index contributed by atoms with van der Waals surface area (Å²) in [6.07, 6.45) is 1.96. The molecule has 3 nitrogen and oxygen atoms in total. The topological polar surface area (TPSA) is 34.0 Å². The molecule has 0 fully saturated rings. The largest absolute Gasteiger partial charge is 0.353 e. The van der Waals surface area contributed by atoms with Gasteiger partial charge >= 0.3 is 0 Å². The molecule has 0 bridgehead atoms. The van der Waals surface area contributed by atoms with E-state index in [1.165, 1.54) is 0 Å². The van der Waals surface area contributed by atoms with Crippen LogP contribution in [0.2, 0.25) is 0 Å². The summed E-state index contributed by atoms with van der Waals surface area (Å²) in [4.78, 5) is 12.0. The summed E-state index contributed by atoms with van der Waals surface area (Å²) in [5.41, 5.74) is 2.87. The van der Waals surface area contributed by atoms with E-state index in [1.807, 2.05) is 55.1 Å². The summed E-state index contributed by atoms with van der Waals surface area (Å²) < 4.78 is 2.94. The Balaban J connectivity index is 2.04. The van der Waals surface area contributed by atoms with E-state index in [9.17, 15) is 4.79 Å². The van der Waals surface area contributed by atoms with E-state index in [2.05, 4.69) is 21.2 Å². The molecule has 0 radical (unpaired) electrons. The van der Waals surface area contributed by atoms with E-state index in [1.54, 1.807) is 0 Å². The molecule has 0 saturated carbocycles. The van der Waals surface area contributed by atoms with Crippen LogP contribution in [0.1, 0.15) is 21.6 Å². The van der Waals surface area contributed by atoms with Crippen LogP contribution in [-0.4, -0.2) is 10.5 Å². The average Bonchev–Trinajstić information content (AvgIpc) is 2.75. The molecule has 94 valence electrons. The number of nitrogens with one attached hydrogen (secondary N) is 1. The van der Waals surface area contributed by atoms with Crippen LogP contribution in [0.4, 0.5) is 0 Å². The van der Waals surface area contributed by atoms with Crippen molar-refractivity contribution in [3.63, 3.8) is 0 Å². The van der Waals surface area contributed by atoms with Gasteiger partial charge in [-0.1, -0.05) is 22.0 Å². The van der Waals surface area contributed by atoms with Crippen molar-refractivity contribution in [2.24, 2.45) is 7.05 Å². The van der Waals surface area contributed by atoms with E-state index in [0.717, 1.165) is 15.7 Å². The minimum Gasteiger partial charge on any atom is -0.353 e. The molecule has 0 saturated heterocycles. The van der Waals surface area contributed by atoms with Gasteiger partial charge in [0.2, 0.25) is 0 Å². The van der Waals surface area contributed by atoms with E-state index in [4.69, 9.17) is 0 Å². The predicted molar refractivity (Wildman–Crippen MR) is 75.5 cm³/mol. The van der Waals surface area contributed by atoms with Crippen molar-refractivity contribution in [3.8, 4) is 0 Å². The molecule has 1 amide bonds. The van der Waals surface area contributed by atoms with Gasteiger partial charge < -0.3 is 9.88 Å². The van der Waals surface area contributed by atoms with Gasteiger partial charge in [0.1, 0.15) is 0 Å². The number of benzene rings is 1. The Kier molecular flexibility index (Phi) is 3.87. The van der Waals surface area contributed by atoms with E-state index >= 15 is 0 Å². The summed E-state index contributed by atoms with van der Waals surface area (Å²) >= 11 is 3.43. The summed E-state index contributed by atoms with van der Waals surface area (Å²) in [6, 6.07) is 9.56. The fraction of sp³-hybridized carbons (Fsp3) is 0.214. The van der Waals surface area contributed by atoms with Crippen molar-refractivity contribution >= 4 is 21.8 Å². The summed E-state index contributed by atoms with van der Waals surface area (Å²) in [6.45, 7) is 2.53. The summed E-state index contributed by atoms with van der Waals surface area (Å²) in [5.74, 6) is -0.0584. The lowest BCUT2D eigenvalue weighted by Gasteiger charge is -2.07. The number of rotatable bonds is 3. The Morgan fingerprint density at radius 3 is 2.78 bits per heavy atom. The average molecular weight is 307 g/mol. The zero-order valence-electron chi connectivity index (χ0n) is 10.4. The van der Waals surface area contributed by atoms with Gasteiger partial charge in [0, 0.05) is 29.0 Å². The molecule has 2 aromatic rings. The smallest absolute Gasteiger partial charge is 0.251 e. The highest BCUT2D eigenvalue weighted by Gasteiger charge is 2.07. The fourth-order valence-corrected chi connectivity index (χ4v) is 2.07. The standard InChI is InChI=1S/C14H15BrN2O/c1-10-5-6-11(8-13(10)15)14(18)16-9-12-4-3-7-17(12)2/h3-8H,9H2,1-2H3,(H,16,18). The minimum atomic E-state index is -0.0584. The van der Waals surface area contributed by atoms with Crippen molar-refractivity contribution in [2.75, 3.05) is 0 Å². The second-order valence-corrected chi connectivity index (χ2v) is 5.11. The van der Waals surface area contributed by atoms with Crippen LogP contribution in [0.5, 0.6) is 0 Å². The molecule has 1 N–H and O–H groups in total. The summed E-state index contributed by atoms with van der Waals surface area (Å²) in [7, 11) is 1.96. The van der Waals surface area contributed by atoms with Crippen LogP contribution in [-0.2, 0) is 13.6 Å². The van der Waals surface area contributed by atoms with Gasteiger partial charge in [-0.25, -0.2) is 0 Å². The van der Waals surface area contributed by atoms with Crippen molar-refractivity contribution in [1.82, 2.24) is 9.88 Å². The van der Waals surface area contributed by atoms with Crippen LogP contribution in [0.25, 0.3) is 0 Å². The second kappa shape index (κ2) is 5.40. The van der Waals surface area contributed by atoms with Crippen LogP contribution < -0.4 is 5.32 Å². The Hall–Kier alpha value is -1.55. The molecule has 0 aliphatic carbocycles. The third-order valence-electron chi connectivity index (χ3n) is 2.92. The van der Waals surface area contributed by atoms with Crippen LogP contribution in [0.3, 0.4) is 0 Å². The molecule has 0 atom stereocenters. The zero-order chi connectivity index (χ0) is 13.1. The highest BCUT2D eigenvalue weighted by atomic mass is 79.9. The van der Waals surface area contributed by atoms with Gasteiger partial charge in [0.15, 0.2) is 0 Å². The van der Waals surface area contributed by atoms with Gasteiger partial charge in [-0.2, -0.15) is 0 Å². The molecule has 18 heavy (non-hydrogen) atoms. The molecule has 4 heteroatoms. The van der Waals surface area contributed by atoms with Crippen LogP contribution >= 0.6 is 15.9 Å². The first-order valence-corrected chi connectivity index (χ1v) is 6.52. The molecule has 0 aliphatic rings. The third kappa shape index (κ3) is 2.82. The predicted octanol–water partition coefficient (Wildman–Crippen LogP) is 3.03. The molecule has 2 rings (SSSR count). The Labute approximate surface area is 115 Å². The lowest BCUT2D eigenvalue weighted by molar-refractivity contribution is 0.0950. The van der Waals surface area contributed by atoms with E-state index < -0.39 is 0 Å². The van der Waals surface area contributed by atoms with Crippen molar-refractivity contribution in [2.45, 2.75) is 13.5 Å².